The smallest absolute Gasteiger partial charge is 0.248 e. The minimum absolute atomic E-state index is 0.206. The van der Waals surface area contributed by atoms with Crippen LogP contribution in [0.25, 0.3) is 0 Å². The van der Waals surface area contributed by atoms with Crippen LogP contribution in [0.5, 0.6) is 0 Å². The van der Waals surface area contributed by atoms with E-state index in [1.54, 1.807) is 31.2 Å². The zero-order valence-electron chi connectivity index (χ0n) is 13.2. The summed E-state index contributed by atoms with van der Waals surface area (Å²) in [6, 6.07) is 15.4. The largest absolute Gasteiger partial charge is 0.374 e. The number of nitrogens with zero attached hydrogens (tertiary/aromatic N) is 1. The van der Waals surface area contributed by atoms with Gasteiger partial charge in [0, 0.05) is 16.9 Å². The summed E-state index contributed by atoms with van der Waals surface area (Å²) in [4.78, 5) is 23.2. The number of primary amides is 1. The summed E-state index contributed by atoms with van der Waals surface area (Å²) in [5.41, 5.74) is 7.87. The number of nitrogens with two attached hydrogens (primary N) is 1. The van der Waals surface area contributed by atoms with E-state index in [-0.39, 0.29) is 5.91 Å². The first-order valence-electron chi connectivity index (χ1n) is 7.43. The average molecular weight is 322 g/mol. The SMILES string of the molecule is CC(Nc1ccc(CC#N)cc1)C(=O)Nc1ccc(C(N)=O)cc1. The fraction of sp³-hybridized carbons (Fsp3) is 0.167. The van der Waals surface area contributed by atoms with Crippen LogP contribution in [0.15, 0.2) is 48.5 Å². The number of rotatable bonds is 6. The molecule has 6 heteroatoms. The zero-order valence-corrected chi connectivity index (χ0v) is 13.2. The second kappa shape index (κ2) is 7.79. The number of nitrogens with one attached hydrogen (secondary N) is 2. The van der Waals surface area contributed by atoms with Crippen LogP contribution in [0.1, 0.15) is 22.8 Å². The molecule has 2 rings (SSSR count). The minimum Gasteiger partial charge on any atom is -0.374 e. The Hall–Kier alpha value is -3.33. The Labute approximate surface area is 140 Å². The van der Waals surface area contributed by atoms with Crippen LogP contribution in [-0.4, -0.2) is 17.9 Å². The number of nitriles is 1. The Morgan fingerprint density at radius 3 is 2.21 bits per heavy atom. The maximum atomic E-state index is 12.2. The molecule has 2 aromatic rings. The van der Waals surface area contributed by atoms with Gasteiger partial charge >= 0.3 is 0 Å². The van der Waals surface area contributed by atoms with E-state index in [1.165, 1.54) is 0 Å². The van der Waals surface area contributed by atoms with Crippen molar-refractivity contribution >= 4 is 23.2 Å². The van der Waals surface area contributed by atoms with Gasteiger partial charge in [0.2, 0.25) is 11.8 Å². The minimum atomic E-state index is -0.511. The Bertz CT molecular complexity index is 761. The first-order valence-corrected chi connectivity index (χ1v) is 7.43. The number of anilines is 2. The summed E-state index contributed by atoms with van der Waals surface area (Å²) in [6.07, 6.45) is 0.359. The molecular weight excluding hydrogens is 304 g/mol. The lowest BCUT2D eigenvalue weighted by atomic mass is 10.1. The van der Waals surface area contributed by atoms with Crippen molar-refractivity contribution in [3.8, 4) is 6.07 Å². The summed E-state index contributed by atoms with van der Waals surface area (Å²) >= 11 is 0. The summed E-state index contributed by atoms with van der Waals surface area (Å²) in [7, 11) is 0. The fourth-order valence-corrected chi connectivity index (χ4v) is 2.09. The lowest BCUT2D eigenvalue weighted by molar-refractivity contribution is -0.116. The Morgan fingerprint density at radius 2 is 1.67 bits per heavy atom. The molecule has 0 spiro atoms. The Balaban J connectivity index is 1.94. The van der Waals surface area contributed by atoms with Crippen LogP contribution >= 0.6 is 0 Å². The number of hydrogen-bond donors (Lipinski definition) is 3. The van der Waals surface area contributed by atoms with Gasteiger partial charge in [0.15, 0.2) is 0 Å². The Kier molecular flexibility index (Phi) is 5.53. The van der Waals surface area contributed by atoms with E-state index in [0.717, 1.165) is 11.3 Å². The van der Waals surface area contributed by atoms with Crippen LogP contribution in [0.2, 0.25) is 0 Å². The van der Waals surface area contributed by atoms with Gasteiger partial charge in [0.05, 0.1) is 12.5 Å². The maximum absolute atomic E-state index is 12.2. The molecule has 1 atom stereocenters. The molecule has 6 nitrogen and oxygen atoms in total. The molecule has 2 amide bonds. The molecule has 0 saturated heterocycles. The molecule has 2 aromatic carbocycles. The predicted molar refractivity (Wildman–Crippen MR) is 92.4 cm³/mol. The predicted octanol–water partition coefficient (Wildman–Crippen LogP) is 2.29. The van der Waals surface area contributed by atoms with Crippen molar-refractivity contribution in [2.45, 2.75) is 19.4 Å². The summed E-state index contributed by atoms with van der Waals surface area (Å²) in [6.45, 7) is 1.75. The standard InChI is InChI=1S/C18H18N4O2/c1-12(21-15-6-2-13(3-7-15)10-11-19)18(24)22-16-8-4-14(5-9-16)17(20)23/h2-9,12,21H,10H2,1H3,(H2,20,23)(H,22,24). The molecular formula is C18H18N4O2. The molecule has 0 heterocycles. The van der Waals surface area contributed by atoms with Crippen LogP contribution in [0.4, 0.5) is 11.4 Å². The van der Waals surface area contributed by atoms with E-state index < -0.39 is 11.9 Å². The molecule has 0 bridgehead atoms. The molecule has 0 radical (unpaired) electrons. The lowest BCUT2D eigenvalue weighted by Gasteiger charge is -2.15. The number of benzene rings is 2. The van der Waals surface area contributed by atoms with Crippen molar-refractivity contribution in [1.82, 2.24) is 0 Å². The van der Waals surface area contributed by atoms with Crippen molar-refractivity contribution in [3.05, 3.63) is 59.7 Å². The molecule has 4 N–H and O–H groups in total. The van der Waals surface area contributed by atoms with Gasteiger partial charge in [-0.2, -0.15) is 5.26 Å². The number of hydrogen-bond acceptors (Lipinski definition) is 4. The molecule has 24 heavy (non-hydrogen) atoms. The van der Waals surface area contributed by atoms with Gasteiger partial charge < -0.3 is 16.4 Å². The summed E-state index contributed by atoms with van der Waals surface area (Å²) in [5, 5.41) is 14.5. The highest BCUT2D eigenvalue weighted by Crippen LogP contribution is 2.13. The molecule has 0 fully saturated rings. The average Bonchev–Trinajstić information content (AvgIpc) is 2.57. The van der Waals surface area contributed by atoms with Crippen molar-refractivity contribution in [2.75, 3.05) is 10.6 Å². The molecule has 122 valence electrons. The molecule has 0 aliphatic rings. The van der Waals surface area contributed by atoms with Crippen LogP contribution in [-0.2, 0) is 11.2 Å². The highest BCUT2D eigenvalue weighted by Gasteiger charge is 2.13. The van der Waals surface area contributed by atoms with Crippen molar-refractivity contribution in [2.24, 2.45) is 5.73 Å². The van der Waals surface area contributed by atoms with Crippen LogP contribution in [0, 0.1) is 11.3 Å². The molecule has 0 aromatic heterocycles. The monoisotopic (exact) mass is 322 g/mol. The van der Waals surface area contributed by atoms with E-state index in [1.807, 2.05) is 24.3 Å². The second-order valence-electron chi connectivity index (χ2n) is 5.33. The molecule has 0 aliphatic heterocycles. The molecule has 1 unspecified atom stereocenters. The van der Waals surface area contributed by atoms with Gasteiger partial charge in [0.25, 0.3) is 0 Å². The highest BCUT2D eigenvalue weighted by molar-refractivity contribution is 5.97. The summed E-state index contributed by atoms with van der Waals surface area (Å²) in [5.74, 6) is -0.717. The van der Waals surface area contributed by atoms with E-state index in [4.69, 9.17) is 11.0 Å². The maximum Gasteiger partial charge on any atom is 0.248 e. The first-order chi connectivity index (χ1) is 11.5. The number of carbonyl (C=O) groups is 2. The van der Waals surface area contributed by atoms with E-state index in [2.05, 4.69) is 16.7 Å². The fourth-order valence-electron chi connectivity index (χ4n) is 2.09. The van der Waals surface area contributed by atoms with Crippen LogP contribution < -0.4 is 16.4 Å². The third-order valence-electron chi connectivity index (χ3n) is 3.45. The third kappa shape index (κ3) is 4.58. The topological polar surface area (TPSA) is 108 Å². The first kappa shape index (κ1) is 17.0. The van der Waals surface area contributed by atoms with Gasteiger partial charge in [-0.25, -0.2) is 0 Å². The van der Waals surface area contributed by atoms with Crippen molar-refractivity contribution in [1.29, 1.82) is 5.26 Å². The number of amides is 2. The van der Waals surface area contributed by atoms with Crippen molar-refractivity contribution in [3.63, 3.8) is 0 Å². The van der Waals surface area contributed by atoms with Gasteiger partial charge in [-0.15, -0.1) is 0 Å². The number of carbonyl (C=O) groups excluding carboxylic acids is 2. The third-order valence-corrected chi connectivity index (χ3v) is 3.45. The zero-order chi connectivity index (χ0) is 17.5. The van der Waals surface area contributed by atoms with Gasteiger partial charge in [0.1, 0.15) is 6.04 Å². The normalized spacial score (nSPS) is 11.2. The van der Waals surface area contributed by atoms with Crippen LogP contribution in [0.3, 0.4) is 0 Å². The Morgan fingerprint density at radius 1 is 1.08 bits per heavy atom. The van der Waals surface area contributed by atoms with E-state index in [0.29, 0.717) is 17.7 Å². The van der Waals surface area contributed by atoms with E-state index in [9.17, 15) is 9.59 Å². The highest BCUT2D eigenvalue weighted by atomic mass is 16.2. The van der Waals surface area contributed by atoms with E-state index >= 15 is 0 Å². The van der Waals surface area contributed by atoms with Crippen molar-refractivity contribution < 1.29 is 9.59 Å². The molecule has 0 saturated carbocycles. The van der Waals surface area contributed by atoms with Gasteiger partial charge in [-0.1, -0.05) is 12.1 Å². The second-order valence-corrected chi connectivity index (χ2v) is 5.33. The van der Waals surface area contributed by atoms with Gasteiger partial charge in [-0.3, -0.25) is 9.59 Å². The quantitative estimate of drug-likeness (QED) is 0.758. The molecule has 0 aliphatic carbocycles. The van der Waals surface area contributed by atoms with Gasteiger partial charge in [-0.05, 0) is 48.9 Å². The lowest BCUT2D eigenvalue weighted by Crippen LogP contribution is -2.31. The summed E-state index contributed by atoms with van der Waals surface area (Å²) < 4.78 is 0.